The molecule has 0 atom stereocenters. The first-order valence-corrected chi connectivity index (χ1v) is 5.88. The van der Waals surface area contributed by atoms with Crippen molar-refractivity contribution in [1.82, 2.24) is 24.7 Å². The van der Waals surface area contributed by atoms with Crippen LogP contribution >= 0.6 is 0 Å². The summed E-state index contributed by atoms with van der Waals surface area (Å²) in [6.45, 7) is 2.76. The van der Waals surface area contributed by atoms with Gasteiger partial charge >= 0.3 is 0 Å². The minimum atomic E-state index is 0.536. The van der Waals surface area contributed by atoms with Crippen LogP contribution in [0, 0.1) is 0 Å². The molecular weight excluding hydrogens is 230 g/mol. The number of hydrogen-bond acceptors (Lipinski definition) is 6. The predicted molar refractivity (Wildman–Crippen MR) is 69.0 cm³/mol. The van der Waals surface area contributed by atoms with E-state index in [1.165, 1.54) is 6.33 Å². The Bertz CT molecular complexity index is 520. The summed E-state index contributed by atoms with van der Waals surface area (Å²) in [4.78, 5) is 8.19. The van der Waals surface area contributed by atoms with Crippen molar-refractivity contribution in [2.45, 2.75) is 19.8 Å². The monoisotopic (exact) mass is 247 g/mol. The van der Waals surface area contributed by atoms with Gasteiger partial charge in [-0.05, 0) is 6.42 Å². The Labute approximate surface area is 105 Å². The molecule has 2 aromatic rings. The first-order chi connectivity index (χ1) is 8.72. The fraction of sp³-hybridized carbons (Fsp3) is 0.455. The number of aromatic nitrogens is 5. The molecule has 0 bridgehead atoms. The summed E-state index contributed by atoms with van der Waals surface area (Å²) in [7, 11) is 1.93. The minimum absolute atomic E-state index is 0.536. The summed E-state index contributed by atoms with van der Waals surface area (Å²) in [5, 5.41) is 11.1. The zero-order valence-electron chi connectivity index (χ0n) is 10.6. The molecule has 2 aromatic heterocycles. The third-order valence-corrected chi connectivity index (χ3v) is 2.78. The van der Waals surface area contributed by atoms with Crippen LogP contribution in [0.4, 0.5) is 11.6 Å². The molecule has 0 radical (unpaired) electrons. The number of nitrogens with two attached hydrogens (primary N) is 1. The fourth-order valence-corrected chi connectivity index (χ4v) is 1.75. The number of rotatable bonds is 5. The van der Waals surface area contributed by atoms with E-state index in [0.717, 1.165) is 36.6 Å². The van der Waals surface area contributed by atoms with Crippen LogP contribution in [0.2, 0.25) is 0 Å². The molecule has 2 heterocycles. The van der Waals surface area contributed by atoms with E-state index in [9.17, 15) is 0 Å². The highest BCUT2D eigenvalue weighted by Crippen LogP contribution is 2.17. The molecule has 2 rings (SSSR count). The van der Waals surface area contributed by atoms with Crippen molar-refractivity contribution in [3.63, 3.8) is 0 Å². The van der Waals surface area contributed by atoms with Crippen molar-refractivity contribution < 1.29 is 0 Å². The van der Waals surface area contributed by atoms with Crippen molar-refractivity contribution in [3.8, 4) is 0 Å². The molecule has 7 nitrogen and oxygen atoms in total. The van der Waals surface area contributed by atoms with Gasteiger partial charge in [-0.25, -0.2) is 9.97 Å². The van der Waals surface area contributed by atoms with E-state index in [1.54, 1.807) is 6.33 Å². The third kappa shape index (κ3) is 2.55. The van der Waals surface area contributed by atoms with Crippen LogP contribution in [-0.4, -0.2) is 31.3 Å². The molecule has 0 amide bonds. The summed E-state index contributed by atoms with van der Waals surface area (Å²) >= 11 is 0. The van der Waals surface area contributed by atoms with E-state index >= 15 is 0 Å². The third-order valence-electron chi connectivity index (χ3n) is 2.78. The number of nitrogens with one attached hydrogen (secondary N) is 1. The summed E-state index contributed by atoms with van der Waals surface area (Å²) in [6.07, 6.45) is 4.75. The molecule has 96 valence electrons. The molecule has 0 saturated carbocycles. The smallest absolute Gasteiger partial charge is 0.134 e. The van der Waals surface area contributed by atoms with Crippen LogP contribution in [0.25, 0.3) is 0 Å². The second-order valence-corrected chi connectivity index (χ2v) is 3.97. The first kappa shape index (κ1) is 12.3. The van der Waals surface area contributed by atoms with Gasteiger partial charge in [0.25, 0.3) is 0 Å². The predicted octanol–water partition coefficient (Wildman–Crippen LogP) is 0.404. The summed E-state index contributed by atoms with van der Waals surface area (Å²) < 4.78 is 1.90. The molecule has 7 heteroatoms. The normalized spacial score (nSPS) is 10.6. The largest absolute Gasteiger partial charge is 0.383 e. The lowest BCUT2D eigenvalue weighted by molar-refractivity contribution is 0.786. The second kappa shape index (κ2) is 5.44. The Kier molecular flexibility index (Phi) is 3.71. The SMILES string of the molecule is CCc1c(N)ncnc1NCCc1nncn1C. The van der Waals surface area contributed by atoms with Crippen molar-refractivity contribution in [2.75, 3.05) is 17.6 Å². The van der Waals surface area contributed by atoms with Crippen molar-refractivity contribution in [1.29, 1.82) is 0 Å². The Morgan fingerprint density at radius 3 is 2.89 bits per heavy atom. The maximum Gasteiger partial charge on any atom is 0.134 e. The van der Waals surface area contributed by atoms with E-state index in [2.05, 4.69) is 25.5 Å². The van der Waals surface area contributed by atoms with Crippen molar-refractivity contribution in [2.24, 2.45) is 7.05 Å². The zero-order chi connectivity index (χ0) is 13.0. The van der Waals surface area contributed by atoms with Gasteiger partial charge in [-0.1, -0.05) is 6.92 Å². The van der Waals surface area contributed by atoms with Crippen LogP contribution in [0.1, 0.15) is 18.3 Å². The quantitative estimate of drug-likeness (QED) is 0.794. The molecule has 0 aliphatic rings. The van der Waals surface area contributed by atoms with Gasteiger partial charge in [-0.2, -0.15) is 0 Å². The molecule has 0 aliphatic heterocycles. The Hall–Kier alpha value is -2.18. The van der Waals surface area contributed by atoms with Crippen LogP contribution in [0.5, 0.6) is 0 Å². The fourth-order valence-electron chi connectivity index (χ4n) is 1.75. The Morgan fingerprint density at radius 1 is 1.39 bits per heavy atom. The van der Waals surface area contributed by atoms with Crippen LogP contribution in [0.3, 0.4) is 0 Å². The number of nitrogen functional groups attached to an aromatic ring is 1. The highest BCUT2D eigenvalue weighted by Gasteiger charge is 2.07. The van der Waals surface area contributed by atoms with Gasteiger partial charge in [0.05, 0.1) is 0 Å². The molecule has 0 fully saturated rings. The lowest BCUT2D eigenvalue weighted by Gasteiger charge is -2.10. The molecule has 0 unspecified atom stereocenters. The van der Waals surface area contributed by atoms with Gasteiger partial charge in [0, 0.05) is 25.6 Å². The topological polar surface area (TPSA) is 94.5 Å². The van der Waals surface area contributed by atoms with Crippen LogP contribution < -0.4 is 11.1 Å². The minimum Gasteiger partial charge on any atom is -0.383 e. The van der Waals surface area contributed by atoms with Gasteiger partial charge in [-0.3, -0.25) is 0 Å². The number of anilines is 2. The van der Waals surface area contributed by atoms with Crippen molar-refractivity contribution >= 4 is 11.6 Å². The highest BCUT2D eigenvalue weighted by molar-refractivity contribution is 5.54. The molecule has 0 aromatic carbocycles. The van der Waals surface area contributed by atoms with E-state index in [4.69, 9.17) is 5.73 Å². The van der Waals surface area contributed by atoms with Crippen LogP contribution in [0.15, 0.2) is 12.7 Å². The van der Waals surface area contributed by atoms with E-state index in [1.807, 2.05) is 18.5 Å². The Balaban J connectivity index is 1.98. The lowest BCUT2D eigenvalue weighted by Crippen LogP contribution is -2.12. The molecule has 0 spiro atoms. The number of aryl methyl sites for hydroxylation is 1. The number of nitrogens with zero attached hydrogens (tertiary/aromatic N) is 5. The number of hydrogen-bond donors (Lipinski definition) is 2. The molecule has 3 N–H and O–H groups in total. The highest BCUT2D eigenvalue weighted by atomic mass is 15.2. The maximum absolute atomic E-state index is 5.80. The van der Waals surface area contributed by atoms with Gasteiger partial charge in [0.15, 0.2) is 0 Å². The summed E-state index contributed by atoms with van der Waals surface area (Å²) in [5.74, 6) is 2.27. The summed E-state index contributed by atoms with van der Waals surface area (Å²) in [6, 6.07) is 0. The van der Waals surface area contributed by atoms with Gasteiger partial charge < -0.3 is 15.6 Å². The molecule has 0 aliphatic carbocycles. The molecular formula is C11H17N7. The van der Waals surface area contributed by atoms with Crippen molar-refractivity contribution in [3.05, 3.63) is 24.0 Å². The van der Waals surface area contributed by atoms with Gasteiger partial charge in [0.2, 0.25) is 0 Å². The second-order valence-electron chi connectivity index (χ2n) is 3.97. The molecule has 0 saturated heterocycles. The average Bonchev–Trinajstić information content (AvgIpc) is 2.75. The first-order valence-electron chi connectivity index (χ1n) is 5.88. The average molecular weight is 247 g/mol. The summed E-state index contributed by atoms with van der Waals surface area (Å²) in [5.41, 5.74) is 6.76. The van der Waals surface area contributed by atoms with Gasteiger partial charge in [0.1, 0.15) is 30.1 Å². The van der Waals surface area contributed by atoms with Gasteiger partial charge in [-0.15, -0.1) is 10.2 Å². The van der Waals surface area contributed by atoms with Crippen LogP contribution in [-0.2, 0) is 19.9 Å². The van der Waals surface area contributed by atoms with E-state index in [-0.39, 0.29) is 0 Å². The Morgan fingerprint density at radius 2 is 2.22 bits per heavy atom. The standard InChI is InChI=1S/C11H17N7/c1-3-8-10(12)14-6-15-11(8)13-5-4-9-17-16-7-18(9)2/h6-7H,3-5H2,1-2H3,(H3,12,13,14,15). The van der Waals surface area contributed by atoms with E-state index in [0.29, 0.717) is 5.82 Å². The maximum atomic E-state index is 5.80. The molecule has 18 heavy (non-hydrogen) atoms. The van der Waals surface area contributed by atoms with E-state index < -0.39 is 0 Å². The lowest BCUT2D eigenvalue weighted by atomic mass is 10.2. The zero-order valence-corrected chi connectivity index (χ0v) is 10.6.